The first-order chi connectivity index (χ1) is 9.41. The average Bonchev–Trinajstić information content (AvgIpc) is 2.86. The van der Waals surface area contributed by atoms with Gasteiger partial charge in [-0.1, -0.05) is 51.4 Å². The highest BCUT2D eigenvalue weighted by atomic mass is 35.5. The molecule has 2 nitrogen and oxygen atoms in total. The Bertz CT molecular complexity index is 555. The van der Waals surface area contributed by atoms with Crippen molar-refractivity contribution in [3.05, 3.63) is 50.9 Å². The summed E-state index contributed by atoms with van der Waals surface area (Å²) in [7, 11) is 0. The van der Waals surface area contributed by atoms with E-state index in [1.807, 2.05) is 12.1 Å². The Morgan fingerprint density at radius 1 is 1.25 bits per heavy atom. The number of aromatic nitrogens is 1. The number of hydrogen-bond acceptors (Lipinski definition) is 3. The van der Waals surface area contributed by atoms with E-state index in [-0.39, 0.29) is 11.5 Å². The number of thiazole rings is 1. The fraction of sp³-hybridized carbons (Fsp3) is 0.438. The van der Waals surface area contributed by atoms with Crippen molar-refractivity contribution in [1.29, 1.82) is 0 Å². The van der Waals surface area contributed by atoms with Gasteiger partial charge < -0.3 is 5.32 Å². The van der Waals surface area contributed by atoms with Gasteiger partial charge >= 0.3 is 0 Å². The Morgan fingerprint density at radius 2 is 1.90 bits per heavy atom. The van der Waals surface area contributed by atoms with Gasteiger partial charge in [0.15, 0.2) is 0 Å². The molecule has 1 unspecified atom stereocenters. The highest BCUT2D eigenvalue weighted by Gasteiger charge is 2.22. The Morgan fingerprint density at radius 3 is 2.40 bits per heavy atom. The predicted molar refractivity (Wildman–Crippen MR) is 87.8 cm³/mol. The molecule has 0 saturated carbocycles. The first-order valence-electron chi connectivity index (χ1n) is 6.86. The third-order valence-electron chi connectivity index (χ3n) is 3.15. The van der Waals surface area contributed by atoms with Gasteiger partial charge in [0.1, 0.15) is 5.01 Å². The van der Waals surface area contributed by atoms with Crippen LogP contribution in [0.2, 0.25) is 5.02 Å². The second-order valence-corrected chi connectivity index (χ2v) is 7.19. The summed E-state index contributed by atoms with van der Waals surface area (Å²) in [5.41, 5.74) is 2.44. The molecule has 0 radical (unpaired) electrons. The van der Waals surface area contributed by atoms with E-state index in [0.717, 1.165) is 22.3 Å². The molecule has 1 heterocycles. The lowest BCUT2D eigenvalue weighted by molar-refractivity contribution is 0.562. The molecule has 0 spiro atoms. The van der Waals surface area contributed by atoms with Gasteiger partial charge in [0.25, 0.3) is 0 Å². The van der Waals surface area contributed by atoms with Crippen LogP contribution in [0.4, 0.5) is 0 Å². The summed E-state index contributed by atoms with van der Waals surface area (Å²) in [4.78, 5) is 4.82. The summed E-state index contributed by atoms with van der Waals surface area (Å²) >= 11 is 7.69. The largest absolute Gasteiger partial charge is 0.305 e. The molecule has 0 bridgehead atoms. The quantitative estimate of drug-likeness (QED) is 0.878. The third-order valence-corrected chi connectivity index (χ3v) is 4.31. The van der Waals surface area contributed by atoms with Gasteiger partial charge in [-0.2, -0.15) is 0 Å². The van der Waals surface area contributed by atoms with E-state index in [4.69, 9.17) is 16.6 Å². The van der Waals surface area contributed by atoms with Gasteiger partial charge in [0.2, 0.25) is 0 Å². The van der Waals surface area contributed by atoms with Crippen LogP contribution < -0.4 is 5.32 Å². The fourth-order valence-corrected chi connectivity index (χ4v) is 3.24. The molecule has 0 aliphatic rings. The number of hydrogen-bond donors (Lipinski definition) is 1. The number of rotatable bonds is 4. The normalized spacial score (nSPS) is 13.4. The molecule has 2 rings (SSSR count). The lowest BCUT2D eigenvalue weighted by Gasteiger charge is -2.17. The predicted octanol–water partition coefficient (Wildman–Crippen LogP) is 4.79. The van der Waals surface area contributed by atoms with Gasteiger partial charge in [-0.3, -0.25) is 0 Å². The van der Waals surface area contributed by atoms with Gasteiger partial charge in [-0.25, -0.2) is 4.98 Å². The minimum atomic E-state index is 0.0888. The molecule has 0 saturated heterocycles. The first-order valence-corrected chi connectivity index (χ1v) is 8.12. The zero-order valence-electron chi connectivity index (χ0n) is 12.4. The maximum atomic E-state index is 5.97. The van der Waals surface area contributed by atoms with Crippen molar-refractivity contribution in [1.82, 2.24) is 10.3 Å². The highest BCUT2D eigenvalue weighted by Crippen LogP contribution is 2.30. The van der Waals surface area contributed by atoms with Crippen molar-refractivity contribution in [2.24, 2.45) is 0 Å². The summed E-state index contributed by atoms with van der Waals surface area (Å²) in [6.07, 6.45) is 0. The molecule has 1 atom stereocenters. The first kappa shape index (κ1) is 15.5. The maximum absolute atomic E-state index is 5.97. The topological polar surface area (TPSA) is 24.9 Å². The summed E-state index contributed by atoms with van der Waals surface area (Å²) in [5.74, 6) is 0. The van der Waals surface area contributed by atoms with E-state index in [1.165, 1.54) is 5.56 Å². The SMILES string of the molecule is CCNC(c1ccc(Cl)cc1)c1nc(C(C)(C)C)cs1. The van der Waals surface area contributed by atoms with E-state index in [0.29, 0.717) is 0 Å². The van der Waals surface area contributed by atoms with Crippen LogP contribution in [0, 0.1) is 0 Å². The fourth-order valence-electron chi connectivity index (χ4n) is 1.97. The molecule has 0 aliphatic heterocycles. The Balaban J connectivity index is 2.33. The Hall–Kier alpha value is -0.900. The standard InChI is InChI=1S/C16H21ClN2S/c1-5-18-14(11-6-8-12(17)9-7-11)15-19-13(10-20-15)16(2,3)4/h6-10,14,18H,5H2,1-4H3. The molecule has 0 fully saturated rings. The summed E-state index contributed by atoms with van der Waals surface area (Å²) < 4.78 is 0. The molecular weight excluding hydrogens is 288 g/mol. The second-order valence-electron chi connectivity index (χ2n) is 5.86. The number of nitrogens with zero attached hydrogens (tertiary/aromatic N) is 1. The van der Waals surface area contributed by atoms with Gasteiger partial charge in [0, 0.05) is 15.8 Å². The smallest absolute Gasteiger partial charge is 0.114 e. The third kappa shape index (κ3) is 3.60. The Kier molecular flexibility index (Phi) is 4.84. The van der Waals surface area contributed by atoms with Crippen molar-refractivity contribution >= 4 is 22.9 Å². The molecule has 2 aromatic rings. The van der Waals surface area contributed by atoms with E-state index in [1.54, 1.807) is 11.3 Å². The molecular formula is C16H21ClN2S. The van der Waals surface area contributed by atoms with Crippen molar-refractivity contribution < 1.29 is 0 Å². The van der Waals surface area contributed by atoms with Gasteiger partial charge in [-0.15, -0.1) is 11.3 Å². The van der Waals surface area contributed by atoms with Crippen LogP contribution in [0.15, 0.2) is 29.6 Å². The lowest BCUT2D eigenvalue weighted by Crippen LogP contribution is -2.22. The highest BCUT2D eigenvalue weighted by molar-refractivity contribution is 7.09. The van der Waals surface area contributed by atoms with Crippen molar-refractivity contribution in [2.75, 3.05) is 6.54 Å². The average molecular weight is 309 g/mol. The van der Waals surface area contributed by atoms with E-state index < -0.39 is 0 Å². The van der Waals surface area contributed by atoms with E-state index >= 15 is 0 Å². The lowest BCUT2D eigenvalue weighted by atomic mass is 9.93. The number of benzene rings is 1. The molecule has 0 aliphatic carbocycles. The van der Waals surface area contributed by atoms with Crippen LogP contribution in [-0.4, -0.2) is 11.5 Å². The Labute approximate surface area is 130 Å². The van der Waals surface area contributed by atoms with E-state index in [9.17, 15) is 0 Å². The van der Waals surface area contributed by atoms with Crippen LogP contribution in [0.3, 0.4) is 0 Å². The molecule has 4 heteroatoms. The molecule has 0 amide bonds. The number of halogens is 1. The molecule has 1 aromatic heterocycles. The van der Waals surface area contributed by atoms with Gasteiger partial charge in [-0.05, 0) is 24.2 Å². The van der Waals surface area contributed by atoms with Crippen molar-refractivity contribution in [3.8, 4) is 0 Å². The molecule has 108 valence electrons. The summed E-state index contributed by atoms with van der Waals surface area (Å²) in [6.45, 7) is 9.59. The summed E-state index contributed by atoms with van der Waals surface area (Å²) in [6, 6.07) is 8.12. The van der Waals surface area contributed by atoms with Crippen molar-refractivity contribution in [2.45, 2.75) is 39.2 Å². The van der Waals surface area contributed by atoms with Crippen LogP contribution in [0.25, 0.3) is 0 Å². The van der Waals surface area contributed by atoms with Crippen LogP contribution in [-0.2, 0) is 5.41 Å². The van der Waals surface area contributed by atoms with Gasteiger partial charge in [0.05, 0.1) is 11.7 Å². The zero-order chi connectivity index (χ0) is 14.8. The summed E-state index contributed by atoms with van der Waals surface area (Å²) in [5, 5.41) is 7.54. The van der Waals surface area contributed by atoms with Crippen LogP contribution in [0.1, 0.15) is 50.0 Å². The maximum Gasteiger partial charge on any atom is 0.114 e. The minimum Gasteiger partial charge on any atom is -0.305 e. The van der Waals surface area contributed by atoms with E-state index in [2.05, 4.69) is 50.5 Å². The second kappa shape index (κ2) is 6.25. The number of nitrogens with one attached hydrogen (secondary N) is 1. The van der Waals surface area contributed by atoms with Crippen LogP contribution in [0.5, 0.6) is 0 Å². The van der Waals surface area contributed by atoms with Crippen molar-refractivity contribution in [3.63, 3.8) is 0 Å². The minimum absolute atomic E-state index is 0.0888. The van der Waals surface area contributed by atoms with Crippen LogP contribution >= 0.6 is 22.9 Å². The molecule has 1 N–H and O–H groups in total. The molecule has 1 aromatic carbocycles. The monoisotopic (exact) mass is 308 g/mol. The zero-order valence-corrected chi connectivity index (χ0v) is 14.0. The molecule has 20 heavy (non-hydrogen) atoms.